The van der Waals surface area contributed by atoms with Gasteiger partial charge in [-0.15, -0.1) is 0 Å². The Morgan fingerprint density at radius 2 is 2.42 bits per heavy atom. The zero-order chi connectivity index (χ0) is 8.55. The van der Waals surface area contributed by atoms with Gasteiger partial charge in [0.15, 0.2) is 5.78 Å². The van der Waals surface area contributed by atoms with Crippen molar-refractivity contribution < 1.29 is 4.79 Å². The molecule has 0 bridgehead atoms. The number of carbonyl (C=O) groups is 1. The molecular weight excluding hydrogens is 150 g/mol. The Hall–Kier alpha value is -1.44. The van der Waals surface area contributed by atoms with Gasteiger partial charge in [0.1, 0.15) is 5.70 Å². The van der Waals surface area contributed by atoms with Crippen molar-refractivity contribution in [3.05, 3.63) is 35.6 Å². The van der Waals surface area contributed by atoms with E-state index in [1.807, 2.05) is 24.3 Å². The largest absolute Gasteiger partial charge is 0.293 e. The summed E-state index contributed by atoms with van der Waals surface area (Å²) in [5, 5.41) is 0. The Labute approximate surface area is 71.0 Å². The smallest absolute Gasteiger partial charge is 0.178 e. The molecule has 60 valence electrons. The van der Waals surface area contributed by atoms with Crippen molar-refractivity contribution in [2.75, 3.05) is 0 Å². The molecule has 1 aliphatic carbocycles. The molecule has 0 amide bonds. The van der Waals surface area contributed by atoms with E-state index in [1.165, 1.54) is 0 Å². The average molecular weight is 159 g/mol. The molecule has 0 radical (unpaired) electrons. The highest BCUT2D eigenvalue weighted by molar-refractivity contribution is 6.12. The standard InChI is InChI=1S/C10H9NO/c1-7(12)10-6-8-4-2-3-5-9(8)11-10/h2-4,6H,5H2,1H3. The Morgan fingerprint density at radius 3 is 3.08 bits per heavy atom. The summed E-state index contributed by atoms with van der Waals surface area (Å²) in [6.07, 6.45) is 8.71. The van der Waals surface area contributed by atoms with Gasteiger partial charge < -0.3 is 0 Å². The lowest BCUT2D eigenvalue weighted by atomic mass is 10.0. The number of Topliss-reactive ketones (excluding diaryl/α,β-unsaturated/α-hetero) is 1. The molecule has 0 saturated carbocycles. The second-order valence-electron chi connectivity index (χ2n) is 2.90. The molecule has 12 heavy (non-hydrogen) atoms. The first-order valence-corrected chi connectivity index (χ1v) is 3.95. The average Bonchev–Trinajstić information content (AvgIpc) is 2.46. The molecule has 2 aliphatic rings. The first-order chi connectivity index (χ1) is 5.77. The second-order valence-corrected chi connectivity index (χ2v) is 2.90. The van der Waals surface area contributed by atoms with Crippen molar-refractivity contribution in [3.63, 3.8) is 0 Å². The molecule has 0 aromatic heterocycles. The highest BCUT2D eigenvalue weighted by Gasteiger charge is 2.16. The van der Waals surface area contributed by atoms with Crippen LogP contribution >= 0.6 is 0 Å². The fraction of sp³-hybridized carbons (Fsp3) is 0.200. The lowest BCUT2D eigenvalue weighted by Crippen LogP contribution is -1.98. The fourth-order valence-corrected chi connectivity index (χ4v) is 1.31. The summed E-state index contributed by atoms with van der Waals surface area (Å²) in [5.41, 5.74) is 2.69. The predicted octanol–water partition coefficient (Wildman–Crippen LogP) is 1.80. The zero-order valence-electron chi connectivity index (χ0n) is 6.87. The summed E-state index contributed by atoms with van der Waals surface area (Å²) in [7, 11) is 0. The van der Waals surface area contributed by atoms with Gasteiger partial charge in [0, 0.05) is 13.3 Å². The van der Waals surface area contributed by atoms with Gasteiger partial charge in [-0.1, -0.05) is 18.2 Å². The third-order valence-electron chi connectivity index (χ3n) is 1.96. The number of carbonyl (C=O) groups excluding carboxylic acids is 1. The molecule has 1 aliphatic heterocycles. The number of ketones is 1. The van der Waals surface area contributed by atoms with Crippen molar-refractivity contribution in [1.29, 1.82) is 0 Å². The maximum absolute atomic E-state index is 11.0. The Morgan fingerprint density at radius 1 is 1.58 bits per heavy atom. The van der Waals surface area contributed by atoms with Crippen molar-refractivity contribution >= 4 is 11.5 Å². The molecular formula is C10H9NO. The first kappa shape index (κ1) is 7.22. The van der Waals surface area contributed by atoms with Crippen LogP contribution < -0.4 is 0 Å². The van der Waals surface area contributed by atoms with E-state index >= 15 is 0 Å². The van der Waals surface area contributed by atoms with Crippen LogP contribution in [0.15, 0.2) is 40.6 Å². The summed E-state index contributed by atoms with van der Waals surface area (Å²) >= 11 is 0. The number of nitrogens with zero attached hydrogens (tertiary/aromatic N) is 1. The lowest BCUT2D eigenvalue weighted by Gasteiger charge is -2.01. The van der Waals surface area contributed by atoms with Gasteiger partial charge in [0.25, 0.3) is 0 Å². The molecule has 0 N–H and O–H groups in total. The zero-order valence-corrected chi connectivity index (χ0v) is 6.87. The molecule has 2 nitrogen and oxygen atoms in total. The summed E-state index contributed by atoms with van der Waals surface area (Å²) in [5.74, 6) is 0.0396. The van der Waals surface area contributed by atoms with Gasteiger partial charge in [-0.2, -0.15) is 0 Å². The van der Waals surface area contributed by atoms with Crippen LogP contribution in [-0.4, -0.2) is 11.5 Å². The molecule has 0 saturated heterocycles. The van der Waals surface area contributed by atoms with Crippen molar-refractivity contribution in [2.45, 2.75) is 13.3 Å². The van der Waals surface area contributed by atoms with Gasteiger partial charge in [-0.05, 0) is 11.6 Å². The van der Waals surface area contributed by atoms with Crippen LogP contribution in [0, 0.1) is 0 Å². The normalized spacial score (nSPS) is 19.6. The van der Waals surface area contributed by atoms with Gasteiger partial charge in [-0.25, -0.2) is 4.99 Å². The van der Waals surface area contributed by atoms with E-state index in [4.69, 9.17) is 0 Å². The summed E-state index contributed by atoms with van der Waals surface area (Å²) in [6.45, 7) is 1.54. The van der Waals surface area contributed by atoms with Crippen molar-refractivity contribution in [1.82, 2.24) is 0 Å². The van der Waals surface area contributed by atoms with E-state index in [1.54, 1.807) is 6.92 Å². The maximum atomic E-state index is 11.0. The lowest BCUT2D eigenvalue weighted by molar-refractivity contribution is -0.113. The quantitative estimate of drug-likeness (QED) is 0.573. The molecule has 0 aromatic rings. The van der Waals surface area contributed by atoms with Crippen LogP contribution in [0.3, 0.4) is 0 Å². The Balaban J connectivity index is 2.38. The fourth-order valence-electron chi connectivity index (χ4n) is 1.31. The molecule has 0 aromatic carbocycles. The Kier molecular flexibility index (Phi) is 1.54. The van der Waals surface area contributed by atoms with E-state index in [0.29, 0.717) is 5.70 Å². The van der Waals surface area contributed by atoms with E-state index in [2.05, 4.69) is 4.99 Å². The van der Waals surface area contributed by atoms with E-state index in [9.17, 15) is 4.79 Å². The van der Waals surface area contributed by atoms with Crippen LogP contribution in [0.2, 0.25) is 0 Å². The third kappa shape index (κ3) is 1.05. The minimum absolute atomic E-state index is 0.0396. The third-order valence-corrected chi connectivity index (χ3v) is 1.96. The number of hydrogen-bond donors (Lipinski definition) is 0. The molecule has 2 rings (SSSR count). The van der Waals surface area contributed by atoms with E-state index < -0.39 is 0 Å². The minimum atomic E-state index is 0.0396. The predicted molar refractivity (Wildman–Crippen MR) is 48.0 cm³/mol. The van der Waals surface area contributed by atoms with Crippen LogP contribution in [-0.2, 0) is 4.79 Å². The highest BCUT2D eigenvalue weighted by atomic mass is 16.1. The SMILES string of the molecule is CC(=O)C1=CC2=CC=CCC2=N1. The van der Waals surface area contributed by atoms with Gasteiger partial charge in [0.05, 0.1) is 5.71 Å². The van der Waals surface area contributed by atoms with E-state index in [0.717, 1.165) is 17.7 Å². The number of allylic oxidation sites excluding steroid dienone is 6. The Bertz CT molecular complexity index is 353. The van der Waals surface area contributed by atoms with Crippen LogP contribution in [0.25, 0.3) is 0 Å². The molecule has 2 heteroatoms. The summed E-state index contributed by atoms with van der Waals surface area (Å²) in [4.78, 5) is 15.2. The van der Waals surface area contributed by atoms with Gasteiger partial charge >= 0.3 is 0 Å². The summed E-state index contributed by atoms with van der Waals surface area (Å²) in [6, 6.07) is 0. The molecule has 1 heterocycles. The number of hydrogen-bond acceptors (Lipinski definition) is 2. The minimum Gasteiger partial charge on any atom is -0.293 e. The maximum Gasteiger partial charge on any atom is 0.178 e. The first-order valence-electron chi connectivity index (χ1n) is 3.95. The number of aliphatic imine (C=N–C) groups is 1. The molecule has 0 atom stereocenters. The van der Waals surface area contributed by atoms with E-state index in [-0.39, 0.29) is 5.78 Å². The number of rotatable bonds is 1. The number of fused-ring (bicyclic) bond motifs is 1. The van der Waals surface area contributed by atoms with Gasteiger partial charge in [-0.3, -0.25) is 4.79 Å². The molecule has 0 unspecified atom stereocenters. The summed E-state index contributed by atoms with van der Waals surface area (Å²) < 4.78 is 0. The van der Waals surface area contributed by atoms with Crippen molar-refractivity contribution in [2.24, 2.45) is 4.99 Å². The monoisotopic (exact) mass is 159 g/mol. The van der Waals surface area contributed by atoms with Crippen LogP contribution in [0.4, 0.5) is 0 Å². The topological polar surface area (TPSA) is 29.4 Å². The molecule has 0 fully saturated rings. The highest BCUT2D eigenvalue weighted by Crippen LogP contribution is 2.21. The van der Waals surface area contributed by atoms with Crippen LogP contribution in [0.1, 0.15) is 13.3 Å². The van der Waals surface area contributed by atoms with Crippen LogP contribution in [0.5, 0.6) is 0 Å². The second kappa shape index (κ2) is 2.55. The molecule has 0 spiro atoms. The van der Waals surface area contributed by atoms with Gasteiger partial charge in [0.2, 0.25) is 0 Å². The van der Waals surface area contributed by atoms with Crippen molar-refractivity contribution in [3.8, 4) is 0 Å².